The Bertz CT molecular complexity index is 3780. The molecule has 1 aromatic heterocycles. The van der Waals surface area contributed by atoms with E-state index < -0.39 is 130 Å². The first-order valence-corrected chi connectivity index (χ1v) is 16.5. The average Bonchev–Trinajstić information content (AvgIpc) is 3.74. The predicted molar refractivity (Wildman–Crippen MR) is 220 cm³/mol. The van der Waals surface area contributed by atoms with Gasteiger partial charge in [-0.25, -0.2) is 0 Å². The molecule has 1 heterocycles. The third-order valence-corrected chi connectivity index (χ3v) is 9.07. The molecule has 0 atom stereocenters. The second kappa shape index (κ2) is 12.5. The molecule has 0 radical (unpaired) electrons. The maximum Gasteiger partial charge on any atom is 0.143 e. The molecule has 0 aliphatic heterocycles. The smallest absolute Gasteiger partial charge is 0.143 e. The van der Waals surface area contributed by atoms with Gasteiger partial charge in [-0.1, -0.05) is 157 Å². The molecule has 0 saturated carbocycles. The van der Waals surface area contributed by atoms with Crippen molar-refractivity contribution in [2.75, 3.05) is 4.90 Å². The Hall–Kier alpha value is -6.90. The second-order valence-corrected chi connectivity index (χ2v) is 12.0. The van der Waals surface area contributed by atoms with Crippen LogP contribution < -0.4 is 4.90 Å². The monoisotopic (exact) mass is 679 g/mol. The lowest BCUT2D eigenvalue weighted by molar-refractivity contribution is 0.672. The average molecular weight is 680 g/mol. The Kier molecular flexibility index (Phi) is 4.28. The van der Waals surface area contributed by atoms with Crippen molar-refractivity contribution in [3.63, 3.8) is 0 Å². The summed E-state index contributed by atoms with van der Waals surface area (Å²) in [5, 5.41) is 1.52. The largest absolute Gasteiger partial charge is 0.455 e. The SMILES string of the molecule is [2H]c1c([2H])c([2H])c(-c2c([2H])c([2H])c(N(c3c([2H])c([2H])c4c([2H])c([2H])c([2H])c([2H])c4c3[2H])c3cccc4oc5c6ccccc6c(-c6ccccc6-c6ccccc6)cc5c34)c([2H])c2[2H])c([2H])c1[2H]. The lowest BCUT2D eigenvalue weighted by atomic mass is 9.90. The number of benzene rings is 9. The molecule has 2 heteroatoms. The standard InChI is InChI=1S/C50H33NO/c1-3-14-34(15-4-1)36-26-29-39(30-27-36)51(40-31-28-35-16-7-8-19-38(35)32-40)47-24-13-25-48-49(47)46-33-45(43-22-11-12-23-44(43)50(46)52-48)42-21-10-9-20-41(42)37-17-5-2-6-18-37/h1-33H/i1D,3D,4D,7D,8D,14D,15D,16D,19D,26D,27D,28D,29D,30D,31D,32D. The minimum atomic E-state index is -0.827. The fraction of sp³-hybridized carbons (Fsp3) is 0. The van der Waals surface area contributed by atoms with Crippen molar-refractivity contribution in [2.24, 2.45) is 0 Å². The van der Waals surface area contributed by atoms with E-state index in [-0.39, 0.29) is 11.3 Å². The van der Waals surface area contributed by atoms with Crippen molar-refractivity contribution in [3.8, 4) is 33.4 Å². The van der Waals surface area contributed by atoms with Gasteiger partial charge in [0, 0.05) is 22.1 Å². The van der Waals surface area contributed by atoms with Crippen LogP contribution in [0, 0.1) is 0 Å². The van der Waals surface area contributed by atoms with Crippen LogP contribution in [-0.4, -0.2) is 0 Å². The van der Waals surface area contributed by atoms with Crippen molar-refractivity contribution in [3.05, 3.63) is 200 Å². The van der Waals surface area contributed by atoms with E-state index in [0.29, 0.717) is 21.7 Å². The highest BCUT2D eigenvalue weighted by Crippen LogP contribution is 2.47. The van der Waals surface area contributed by atoms with E-state index >= 15 is 0 Å². The van der Waals surface area contributed by atoms with E-state index in [1.807, 2.05) is 84.9 Å². The number of hydrogen-bond acceptors (Lipinski definition) is 2. The lowest BCUT2D eigenvalue weighted by Crippen LogP contribution is -2.10. The topological polar surface area (TPSA) is 16.4 Å². The van der Waals surface area contributed by atoms with Gasteiger partial charge in [-0.05, 0) is 91.9 Å². The number of fused-ring (bicyclic) bond motifs is 6. The summed E-state index contributed by atoms with van der Waals surface area (Å²) in [5.41, 5.74) is 1.98. The van der Waals surface area contributed by atoms with Crippen LogP contribution in [0.5, 0.6) is 0 Å². The predicted octanol–water partition coefficient (Wildman–Crippen LogP) is 14.4. The lowest BCUT2D eigenvalue weighted by Gasteiger charge is -2.27. The van der Waals surface area contributed by atoms with Crippen molar-refractivity contribution >= 4 is 60.5 Å². The zero-order chi connectivity index (χ0) is 48.4. The first-order valence-electron chi connectivity index (χ1n) is 24.5. The first-order chi connectivity index (χ1) is 32.5. The molecule has 52 heavy (non-hydrogen) atoms. The third-order valence-electron chi connectivity index (χ3n) is 9.07. The Labute approximate surface area is 324 Å². The summed E-state index contributed by atoms with van der Waals surface area (Å²) in [6.45, 7) is 0. The molecule has 10 rings (SSSR count). The van der Waals surface area contributed by atoms with Crippen LogP contribution in [0.25, 0.3) is 76.9 Å². The normalized spacial score (nSPS) is 15.8. The van der Waals surface area contributed by atoms with Crippen LogP contribution in [0.15, 0.2) is 204 Å². The molecule has 0 unspecified atom stereocenters. The minimum absolute atomic E-state index is 0.0387. The zero-order valence-corrected chi connectivity index (χ0v) is 27.2. The van der Waals surface area contributed by atoms with Crippen LogP contribution in [-0.2, 0) is 0 Å². The van der Waals surface area contributed by atoms with Crippen molar-refractivity contribution in [2.45, 2.75) is 0 Å². The molecule has 0 bridgehead atoms. The second-order valence-electron chi connectivity index (χ2n) is 12.0. The third kappa shape index (κ3) is 5.04. The van der Waals surface area contributed by atoms with Crippen molar-refractivity contribution < 1.29 is 26.3 Å². The number of rotatable bonds is 6. The fourth-order valence-electron chi connectivity index (χ4n) is 6.78. The van der Waals surface area contributed by atoms with E-state index in [0.717, 1.165) is 32.5 Å². The van der Waals surface area contributed by atoms with Gasteiger partial charge in [-0.2, -0.15) is 0 Å². The molecule has 9 aromatic carbocycles. The van der Waals surface area contributed by atoms with Gasteiger partial charge < -0.3 is 9.32 Å². The van der Waals surface area contributed by atoms with Crippen molar-refractivity contribution in [1.82, 2.24) is 0 Å². The minimum Gasteiger partial charge on any atom is -0.455 e. The van der Waals surface area contributed by atoms with E-state index in [1.54, 1.807) is 18.2 Å². The summed E-state index contributed by atoms with van der Waals surface area (Å²) in [6, 6.07) is 20.1. The molecule has 0 aliphatic rings. The van der Waals surface area contributed by atoms with Crippen molar-refractivity contribution in [1.29, 1.82) is 0 Å². The molecule has 0 amide bonds. The van der Waals surface area contributed by atoms with Gasteiger partial charge in [0.15, 0.2) is 0 Å². The molecular formula is C50H33NO. The van der Waals surface area contributed by atoms with Gasteiger partial charge in [-0.3, -0.25) is 0 Å². The number of anilines is 3. The quantitative estimate of drug-likeness (QED) is 0.174. The molecule has 2 nitrogen and oxygen atoms in total. The number of hydrogen-bond donors (Lipinski definition) is 0. The summed E-state index contributed by atoms with van der Waals surface area (Å²) in [6.07, 6.45) is 0. The fourth-order valence-corrected chi connectivity index (χ4v) is 6.78. The zero-order valence-electron chi connectivity index (χ0n) is 43.2. The summed E-state index contributed by atoms with van der Waals surface area (Å²) in [4.78, 5) is 1.10. The summed E-state index contributed by atoms with van der Waals surface area (Å²) in [7, 11) is 0. The highest BCUT2D eigenvalue weighted by atomic mass is 16.3. The van der Waals surface area contributed by atoms with E-state index in [4.69, 9.17) is 16.8 Å². The molecule has 10 aromatic rings. The van der Waals surface area contributed by atoms with Crippen LogP contribution in [0.4, 0.5) is 17.1 Å². The van der Waals surface area contributed by atoms with Gasteiger partial charge >= 0.3 is 0 Å². The van der Waals surface area contributed by atoms with Crippen LogP contribution >= 0.6 is 0 Å². The summed E-state index contributed by atoms with van der Waals surface area (Å²) < 4.78 is 150. The molecule has 244 valence electrons. The van der Waals surface area contributed by atoms with E-state index in [9.17, 15) is 9.60 Å². The van der Waals surface area contributed by atoms with Gasteiger partial charge in [-0.15, -0.1) is 0 Å². The maximum absolute atomic E-state index is 9.71. The molecule has 0 N–H and O–H groups in total. The molecule has 0 spiro atoms. The first kappa shape index (κ1) is 17.8. The number of furan rings is 1. The van der Waals surface area contributed by atoms with Gasteiger partial charge in [0.05, 0.1) is 33.0 Å². The highest BCUT2D eigenvalue weighted by molar-refractivity contribution is 6.23. The number of nitrogens with zero attached hydrogens (tertiary/aromatic N) is 1. The Morgan fingerprint density at radius 3 is 1.94 bits per heavy atom. The van der Waals surface area contributed by atoms with E-state index in [2.05, 4.69) is 0 Å². The Morgan fingerprint density at radius 1 is 0.442 bits per heavy atom. The van der Waals surface area contributed by atoms with Gasteiger partial charge in [0.25, 0.3) is 0 Å². The van der Waals surface area contributed by atoms with Crippen LogP contribution in [0.2, 0.25) is 0 Å². The van der Waals surface area contributed by atoms with E-state index in [1.165, 1.54) is 0 Å². The molecule has 0 aliphatic carbocycles. The summed E-state index contributed by atoms with van der Waals surface area (Å²) >= 11 is 0. The van der Waals surface area contributed by atoms with Gasteiger partial charge in [0.2, 0.25) is 0 Å². The van der Waals surface area contributed by atoms with Gasteiger partial charge in [0.1, 0.15) is 11.2 Å². The molecular weight excluding hydrogens is 631 g/mol. The summed E-state index contributed by atoms with van der Waals surface area (Å²) in [5.74, 6) is 0. The molecule has 0 fully saturated rings. The maximum atomic E-state index is 9.71. The Balaban J connectivity index is 1.37. The highest BCUT2D eigenvalue weighted by Gasteiger charge is 2.22. The van der Waals surface area contributed by atoms with Crippen LogP contribution in [0.3, 0.4) is 0 Å². The molecule has 0 saturated heterocycles. The Morgan fingerprint density at radius 2 is 1.12 bits per heavy atom. The van der Waals surface area contributed by atoms with Crippen LogP contribution in [0.1, 0.15) is 21.9 Å².